The van der Waals surface area contributed by atoms with E-state index in [1.807, 2.05) is 12.1 Å². The first-order valence-corrected chi connectivity index (χ1v) is 7.03. The summed E-state index contributed by atoms with van der Waals surface area (Å²) in [6.45, 7) is 6.68. The molecule has 1 aromatic heterocycles. The molecular formula is C15H27NO. The van der Waals surface area contributed by atoms with E-state index in [0.29, 0.717) is 12.1 Å². The lowest BCUT2D eigenvalue weighted by Gasteiger charge is -2.18. The summed E-state index contributed by atoms with van der Waals surface area (Å²) in [6, 6.07) is 4.86. The molecule has 1 unspecified atom stereocenters. The highest BCUT2D eigenvalue weighted by atomic mass is 16.3. The van der Waals surface area contributed by atoms with E-state index in [9.17, 15) is 0 Å². The van der Waals surface area contributed by atoms with Crippen molar-refractivity contribution in [2.45, 2.75) is 71.4 Å². The predicted octanol–water partition coefficient (Wildman–Crippen LogP) is 4.68. The minimum absolute atomic E-state index is 0.315. The quantitative estimate of drug-likeness (QED) is 0.631. The molecular weight excluding hydrogens is 210 g/mol. The summed E-state index contributed by atoms with van der Waals surface area (Å²) < 4.78 is 5.39. The van der Waals surface area contributed by atoms with Gasteiger partial charge in [-0.2, -0.15) is 0 Å². The maximum Gasteiger partial charge on any atom is 0.120 e. The average molecular weight is 237 g/mol. The van der Waals surface area contributed by atoms with Gasteiger partial charge in [0.2, 0.25) is 0 Å². The van der Waals surface area contributed by atoms with Crippen LogP contribution in [0.4, 0.5) is 0 Å². The third kappa shape index (κ3) is 5.92. The van der Waals surface area contributed by atoms with Crippen LogP contribution in [-0.4, -0.2) is 6.04 Å². The monoisotopic (exact) mass is 237 g/mol. The molecule has 0 aliphatic heterocycles. The number of unbranched alkanes of at least 4 members (excludes halogenated alkanes) is 4. The molecule has 0 amide bonds. The van der Waals surface area contributed by atoms with E-state index < -0.39 is 0 Å². The molecule has 0 saturated carbocycles. The van der Waals surface area contributed by atoms with Crippen molar-refractivity contribution < 1.29 is 4.42 Å². The molecule has 0 bridgehead atoms. The van der Waals surface area contributed by atoms with Crippen LogP contribution < -0.4 is 5.32 Å². The fourth-order valence-electron chi connectivity index (χ4n) is 2.18. The van der Waals surface area contributed by atoms with Gasteiger partial charge in [0, 0.05) is 6.04 Å². The maximum atomic E-state index is 5.39. The minimum Gasteiger partial charge on any atom is -0.468 e. The van der Waals surface area contributed by atoms with Gasteiger partial charge in [0.15, 0.2) is 0 Å². The van der Waals surface area contributed by atoms with Gasteiger partial charge in [0.05, 0.1) is 12.3 Å². The highest BCUT2D eigenvalue weighted by molar-refractivity contribution is 5.03. The molecule has 17 heavy (non-hydrogen) atoms. The summed E-state index contributed by atoms with van der Waals surface area (Å²) in [6.07, 6.45) is 9.79. The molecule has 0 saturated heterocycles. The largest absolute Gasteiger partial charge is 0.468 e. The Balaban J connectivity index is 2.10. The third-order valence-electron chi connectivity index (χ3n) is 3.25. The second-order valence-corrected chi connectivity index (χ2v) is 5.01. The Morgan fingerprint density at radius 3 is 2.59 bits per heavy atom. The Kier molecular flexibility index (Phi) is 7.02. The highest BCUT2D eigenvalue weighted by Gasteiger charge is 2.10. The van der Waals surface area contributed by atoms with Crippen molar-refractivity contribution in [3.05, 3.63) is 24.2 Å². The molecule has 2 heteroatoms. The summed E-state index contributed by atoms with van der Waals surface area (Å²) in [5, 5.41) is 3.58. The lowest BCUT2D eigenvalue weighted by Crippen LogP contribution is -2.28. The molecule has 2 atom stereocenters. The summed E-state index contributed by atoms with van der Waals surface area (Å²) in [5.41, 5.74) is 0. The van der Waals surface area contributed by atoms with Crippen molar-refractivity contribution in [1.82, 2.24) is 5.32 Å². The van der Waals surface area contributed by atoms with Crippen LogP contribution in [0.2, 0.25) is 0 Å². The molecule has 1 heterocycles. The highest BCUT2D eigenvalue weighted by Crippen LogP contribution is 2.15. The summed E-state index contributed by atoms with van der Waals surface area (Å²) >= 11 is 0. The molecule has 0 fully saturated rings. The van der Waals surface area contributed by atoms with E-state index in [-0.39, 0.29) is 0 Å². The molecule has 1 N–H and O–H groups in total. The van der Waals surface area contributed by atoms with Crippen molar-refractivity contribution in [3.8, 4) is 0 Å². The molecule has 0 radical (unpaired) electrons. The smallest absolute Gasteiger partial charge is 0.120 e. The lowest BCUT2D eigenvalue weighted by atomic mass is 10.1. The van der Waals surface area contributed by atoms with Gasteiger partial charge in [-0.05, 0) is 32.4 Å². The fourth-order valence-corrected chi connectivity index (χ4v) is 2.18. The molecule has 1 rings (SSSR count). The second kappa shape index (κ2) is 8.35. The fraction of sp³-hybridized carbons (Fsp3) is 0.733. The van der Waals surface area contributed by atoms with Crippen LogP contribution in [0.3, 0.4) is 0 Å². The Labute approximate surface area is 106 Å². The zero-order chi connectivity index (χ0) is 12.5. The number of furan rings is 1. The molecule has 0 aromatic carbocycles. The van der Waals surface area contributed by atoms with E-state index >= 15 is 0 Å². The number of hydrogen-bond acceptors (Lipinski definition) is 2. The predicted molar refractivity (Wildman–Crippen MR) is 73.1 cm³/mol. The summed E-state index contributed by atoms with van der Waals surface area (Å²) in [4.78, 5) is 0. The second-order valence-electron chi connectivity index (χ2n) is 5.01. The van der Waals surface area contributed by atoms with Crippen molar-refractivity contribution in [2.75, 3.05) is 0 Å². The van der Waals surface area contributed by atoms with Crippen molar-refractivity contribution in [3.63, 3.8) is 0 Å². The SMILES string of the molecule is CCCCCCCC(C)N[C@H](C)c1ccco1. The number of rotatable bonds is 9. The van der Waals surface area contributed by atoms with Gasteiger partial charge in [0.25, 0.3) is 0 Å². The molecule has 0 aliphatic carbocycles. The lowest BCUT2D eigenvalue weighted by molar-refractivity contribution is 0.381. The van der Waals surface area contributed by atoms with Crippen molar-refractivity contribution in [1.29, 1.82) is 0 Å². The summed E-state index contributed by atoms with van der Waals surface area (Å²) in [7, 11) is 0. The van der Waals surface area contributed by atoms with Gasteiger partial charge < -0.3 is 9.73 Å². The molecule has 0 aliphatic rings. The van der Waals surface area contributed by atoms with Crippen LogP contribution in [0.1, 0.15) is 71.1 Å². The first-order chi connectivity index (χ1) is 8.24. The Bertz CT molecular complexity index is 268. The van der Waals surface area contributed by atoms with Gasteiger partial charge in [-0.25, -0.2) is 0 Å². The van der Waals surface area contributed by atoms with Crippen molar-refractivity contribution >= 4 is 0 Å². The van der Waals surface area contributed by atoms with Gasteiger partial charge in [-0.1, -0.05) is 39.0 Å². The van der Waals surface area contributed by atoms with Gasteiger partial charge in [-0.3, -0.25) is 0 Å². The standard InChI is InChI=1S/C15H27NO/c1-4-5-6-7-8-10-13(2)16-14(3)15-11-9-12-17-15/h9,11-14,16H,4-8,10H2,1-3H3/t13?,14-/m1/s1. The maximum absolute atomic E-state index is 5.39. The minimum atomic E-state index is 0.315. The van der Waals surface area contributed by atoms with Crippen molar-refractivity contribution in [2.24, 2.45) is 0 Å². The molecule has 2 nitrogen and oxygen atoms in total. The zero-order valence-electron chi connectivity index (χ0n) is 11.5. The van der Waals surface area contributed by atoms with E-state index in [2.05, 4.69) is 26.1 Å². The van der Waals surface area contributed by atoms with Gasteiger partial charge in [-0.15, -0.1) is 0 Å². The third-order valence-corrected chi connectivity index (χ3v) is 3.25. The van der Waals surface area contributed by atoms with Crippen LogP contribution in [0.25, 0.3) is 0 Å². The summed E-state index contributed by atoms with van der Waals surface area (Å²) in [5.74, 6) is 1.03. The van der Waals surface area contributed by atoms with Gasteiger partial charge in [0.1, 0.15) is 5.76 Å². The Hall–Kier alpha value is -0.760. The zero-order valence-corrected chi connectivity index (χ0v) is 11.5. The number of nitrogens with one attached hydrogen (secondary N) is 1. The van der Waals surface area contributed by atoms with E-state index in [1.165, 1.54) is 38.5 Å². The number of hydrogen-bond donors (Lipinski definition) is 1. The normalized spacial score (nSPS) is 14.8. The molecule has 1 aromatic rings. The van der Waals surface area contributed by atoms with Crippen LogP contribution in [0, 0.1) is 0 Å². The van der Waals surface area contributed by atoms with Crippen LogP contribution in [0.5, 0.6) is 0 Å². The first-order valence-electron chi connectivity index (χ1n) is 7.03. The molecule has 98 valence electrons. The van der Waals surface area contributed by atoms with Gasteiger partial charge >= 0.3 is 0 Å². The topological polar surface area (TPSA) is 25.2 Å². The molecule has 0 spiro atoms. The van der Waals surface area contributed by atoms with E-state index in [4.69, 9.17) is 4.42 Å². The van der Waals surface area contributed by atoms with Crippen LogP contribution in [-0.2, 0) is 0 Å². The van der Waals surface area contributed by atoms with E-state index in [0.717, 1.165) is 5.76 Å². The van der Waals surface area contributed by atoms with Crippen LogP contribution in [0.15, 0.2) is 22.8 Å². The Morgan fingerprint density at radius 2 is 1.94 bits per heavy atom. The first kappa shape index (κ1) is 14.3. The van der Waals surface area contributed by atoms with Crippen LogP contribution >= 0.6 is 0 Å². The van der Waals surface area contributed by atoms with E-state index in [1.54, 1.807) is 6.26 Å². The Morgan fingerprint density at radius 1 is 1.18 bits per heavy atom. The average Bonchev–Trinajstić information content (AvgIpc) is 2.82.